The van der Waals surface area contributed by atoms with E-state index in [2.05, 4.69) is 36.6 Å². The molecule has 0 aliphatic rings. The molecular weight excluding hydrogens is 340 g/mol. The summed E-state index contributed by atoms with van der Waals surface area (Å²) in [4.78, 5) is 24.5. The van der Waals surface area contributed by atoms with Crippen LogP contribution in [-0.4, -0.2) is 31.5 Å². The van der Waals surface area contributed by atoms with E-state index in [0.717, 1.165) is 0 Å². The average Bonchev–Trinajstić information content (AvgIpc) is 2.67. The van der Waals surface area contributed by atoms with Crippen molar-refractivity contribution in [3.63, 3.8) is 0 Å². The predicted molar refractivity (Wildman–Crippen MR) is 107 cm³/mol. The molecule has 0 radical (unpaired) electrons. The van der Waals surface area contributed by atoms with Crippen molar-refractivity contribution >= 4 is 11.8 Å². The van der Waals surface area contributed by atoms with Crippen molar-refractivity contribution in [3.8, 4) is 5.75 Å². The number of ether oxygens (including phenoxy) is 1. The van der Waals surface area contributed by atoms with Gasteiger partial charge in [0.15, 0.2) is 0 Å². The Labute approximate surface area is 161 Å². The highest BCUT2D eigenvalue weighted by Crippen LogP contribution is 2.23. The van der Waals surface area contributed by atoms with E-state index < -0.39 is 0 Å². The van der Waals surface area contributed by atoms with Crippen LogP contribution in [0.5, 0.6) is 5.75 Å². The molecule has 1 unspecified atom stereocenters. The number of rotatable bonds is 9. The van der Waals surface area contributed by atoms with Crippen LogP contribution in [0.15, 0.2) is 54.6 Å². The Kier molecular flexibility index (Phi) is 7.86. The summed E-state index contributed by atoms with van der Waals surface area (Å²) in [6.07, 6.45) is 0. The lowest BCUT2D eigenvalue weighted by molar-refractivity contribution is -0.120. The van der Waals surface area contributed by atoms with Crippen LogP contribution >= 0.6 is 0 Å². The second-order valence-electron chi connectivity index (χ2n) is 6.68. The van der Waals surface area contributed by atoms with Crippen LogP contribution in [0.4, 0.5) is 0 Å². The maximum Gasteiger partial charge on any atom is 0.255 e. The molecule has 0 aliphatic carbocycles. The number of hydrogen-bond donors (Lipinski definition) is 2. The number of carbonyl (C=O) groups is 2. The number of nitrogens with one attached hydrogen (secondary N) is 2. The number of para-hydroxylation sites is 1. The fraction of sp³-hybridized carbons (Fsp3) is 0.364. The summed E-state index contributed by atoms with van der Waals surface area (Å²) < 4.78 is 5.46. The van der Waals surface area contributed by atoms with Crippen molar-refractivity contribution in [1.82, 2.24) is 10.6 Å². The average molecular weight is 368 g/mol. The van der Waals surface area contributed by atoms with Crippen molar-refractivity contribution in [3.05, 3.63) is 65.7 Å². The minimum absolute atomic E-state index is 0.0705. The van der Waals surface area contributed by atoms with Gasteiger partial charge in [0, 0.05) is 12.5 Å². The fourth-order valence-corrected chi connectivity index (χ4v) is 2.92. The molecule has 0 fully saturated rings. The van der Waals surface area contributed by atoms with Gasteiger partial charge < -0.3 is 15.4 Å². The summed E-state index contributed by atoms with van der Waals surface area (Å²) in [5.74, 6) is 0.600. The lowest BCUT2D eigenvalue weighted by atomic mass is 9.88. The van der Waals surface area contributed by atoms with Gasteiger partial charge in [0.2, 0.25) is 5.91 Å². The van der Waals surface area contributed by atoms with Gasteiger partial charge >= 0.3 is 0 Å². The van der Waals surface area contributed by atoms with Gasteiger partial charge in [-0.1, -0.05) is 56.3 Å². The molecule has 2 N–H and O–H groups in total. The van der Waals surface area contributed by atoms with Crippen LogP contribution in [0.2, 0.25) is 0 Å². The second kappa shape index (κ2) is 10.4. The van der Waals surface area contributed by atoms with Crippen molar-refractivity contribution in [2.75, 3.05) is 19.7 Å². The van der Waals surface area contributed by atoms with E-state index in [1.165, 1.54) is 5.56 Å². The Morgan fingerprint density at radius 1 is 0.963 bits per heavy atom. The third kappa shape index (κ3) is 6.13. The number of amides is 2. The first-order chi connectivity index (χ1) is 13.0. The van der Waals surface area contributed by atoms with Gasteiger partial charge in [-0.25, -0.2) is 0 Å². The molecule has 2 aromatic carbocycles. The normalized spacial score (nSPS) is 11.7. The van der Waals surface area contributed by atoms with Gasteiger partial charge in [0.1, 0.15) is 5.75 Å². The van der Waals surface area contributed by atoms with Crippen LogP contribution in [0, 0.1) is 5.92 Å². The highest BCUT2D eigenvalue weighted by molar-refractivity contribution is 5.98. The summed E-state index contributed by atoms with van der Waals surface area (Å²) in [5.41, 5.74) is 1.62. The largest absolute Gasteiger partial charge is 0.493 e. The Morgan fingerprint density at radius 2 is 1.63 bits per heavy atom. The van der Waals surface area contributed by atoms with Crippen molar-refractivity contribution in [1.29, 1.82) is 0 Å². The molecule has 5 nitrogen and oxygen atoms in total. The van der Waals surface area contributed by atoms with Gasteiger partial charge in [0.25, 0.3) is 5.91 Å². The second-order valence-corrected chi connectivity index (χ2v) is 6.68. The Balaban J connectivity index is 1.88. The zero-order valence-corrected chi connectivity index (χ0v) is 16.2. The lowest BCUT2D eigenvalue weighted by Gasteiger charge is -2.22. The summed E-state index contributed by atoms with van der Waals surface area (Å²) in [7, 11) is 0. The van der Waals surface area contributed by atoms with E-state index >= 15 is 0 Å². The Bertz CT molecular complexity index is 744. The van der Waals surface area contributed by atoms with E-state index in [9.17, 15) is 9.59 Å². The van der Waals surface area contributed by atoms with Crippen LogP contribution in [0.1, 0.15) is 42.6 Å². The predicted octanol–water partition coefficient (Wildman–Crippen LogP) is 3.37. The smallest absolute Gasteiger partial charge is 0.255 e. The SMILES string of the molecule is CCOc1ccccc1C(=O)NCC(=O)NCC(c1ccccc1)C(C)C. The van der Waals surface area contributed by atoms with Crippen molar-refractivity contribution in [2.45, 2.75) is 26.7 Å². The molecule has 0 bridgehead atoms. The van der Waals surface area contributed by atoms with Crippen LogP contribution in [-0.2, 0) is 4.79 Å². The zero-order valence-electron chi connectivity index (χ0n) is 16.2. The molecule has 0 heterocycles. The third-order valence-electron chi connectivity index (χ3n) is 4.39. The van der Waals surface area contributed by atoms with E-state index in [0.29, 0.717) is 30.4 Å². The molecule has 0 saturated heterocycles. The fourth-order valence-electron chi connectivity index (χ4n) is 2.92. The monoisotopic (exact) mass is 368 g/mol. The Hall–Kier alpha value is -2.82. The van der Waals surface area contributed by atoms with Gasteiger partial charge in [-0.2, -0.15) is 0 Å². The first kappa shape index (κ1) is 20.5. The van der Waals surface area contributed by atoms with Gasteiger partial charge in [0.05, 0.1) is 18.7 Å². The number of carbonyl (C=O) groups excluding carboxylic acids is 2. The standard InChI is InChI=1S/C22H28N2O3/c1-4-27-20-13-9-8-12-18(20)22(26)24-15-21(25)23-14-19(16(2)3)17-10-6-5-7-11-17/h5-13,16,19H,4,14-15H2,1-3H3,(H,23,25)(H,24,26). The molecule has 0 aromatic heterocycles. The highest BCUT2D eigenvalue weighted by atomic mass is 16.5. The van der Waals surface area contributed by atoms with E-state index in [-0.39, 0.29) is 24.3 Å². The molecule has 2 rings (SSSR count). The number of benzene rings is 2. The minimum atomic E-state index is -0.322. The van der Waals surface area contributed by atoms with Crippen molar-refractivity contribution < 1.29 is 14.3 Å². The molecule has 144 valence electrons. The molecule has 2 amide bonds. The maximum atomic E-state index is 12.3. The van der Waals surface area contributed by atoms with Crippen molar-refractivity contribution in [2.24, 2.45) is 5.92 Å². The first-order valence-electron chi connectivity index (χ1n) is 9.34. The summed E-state index contributed by atoms with van der Waals surface area (Å²) in [6.45, 7) is 7.07. The zero-order chi connectivity index (χ0) is 19.6. The summed E-state index contributed by atoms with van der Waals surface area (Å²) in [6, 6.07) is 17.1. The van der Waals surface area contributed by atoms with Crippen LogP contribution < -0.4 is 15.4 Å². The molecule has 27 heavy (non-hydrogen) atoms. The quantitative estimate of drug-likeness (QED) is 0.713. The molecule has 1 atom stereocenters. The van der Waals surface area contributed by atoms with E-state index in [1.54, 1.807) is 18.2 Å². The van der Waals surface area contributed by atoms with Gasteiger partial charge in [-0.3, -0.25) is 9.59 Å². The topological polar surface area (TPSA) is 67.4 Å². The van der Waals surface area contributed by atoms with Gasteiger partial charge in [-0.15, -0.1) is 0 Å². The minimum Gasteiger partial charge on any atom is -0.493 e. The first-order valence-corrected chi connectivity index (χ1v) is 9.34. The van der Waals surface area contributed by atoms with Gasteiger partial charge in [-0.05, 0) is 30.5 Å². The third-order valence-corrected chi connectivity index (χ3v) is 4.39. The molecular formula is C22H28N2O3. The van der Waals surface area contributed by atoms with E-state index in [1.807, 2.05) is 31.2 Å². The lowest BCUT2D eigenvalue weighted by Crippen LogP contribution is -2.39. The number of hydrogen-bond acceptors (Lipinski definition) is 3. The molecule has 5 heteroatoms. The maximum absolute atomic E-state index is 12.3. The van der Waals surface area contributed by atoms with Crippen LogP contribution in [0.25, 0.3) is 0 Å². The summed E-state index contributed by atoms with van der Waals surface area (Å²) >= 11 is 0. The Morgan fingerprint density at radius 3 is 2.30 bits per heavy atom. The highest BCUT2D eigenvalue weighted by Gasteiger charge is 2.17. The molecule has 0 saturated carbocycles. The molecule has 2 aromatic rings. The van der Waals surface area contributed by atoms with E-state index in [4.69, 9.17) is 4.74 Å². The molecule has 0 aliphatic heterocycles. The summed E-state index contributed by atoms with van der Waals surface area (Å²) in [5, 5.41) is 5.58. The van der Waals surface area contributed by atoms with Crippen LogP contribution in [0.3, 0.4) is 0 Å². The molecule has 0 spiro atoms.